The number of hydrogen-bond acceptors (Lipinski definition) is 7. The van der Waals surface area contributed by atoms with Crippen LogP contribution in [0.15, 0.2) is 42.6 Å². The van der Waals surface area contributed by atoms with E-state index < -0.39 is 5.97 Å². The minimum Gasteiger partial charge on any atom is -0.481 e. The average molecular weight is 684 g/mol. The first-order chi connectivity index (χ1) is 23.7. The second-order valence-electron chi connectivity index (χ2n) is 12.3. The van der Waals surface area contributed by atoms with E-state index in [1.807, 2.05) is 38.1 Å². The molecule has 270 valence electrons. The van der Waals surface area contributed by atoms with Crippen molar-refractivity contribution in [1.29, 1.82) is 0 Å². The lowest BCUT2D eigenvalue weighted by atomic mass is 9.85. The normalized spacial score (nSPS) is 15.7. The quantitative estimate of drug-likeness (QED) is 0.137. The van der Waals surface area contributed by atoms with E-state index in [2.05, 4.69) is 16.0 Å². The van der Waals surface area contributed by atoms with Gasteiger partial charge in [-0.3, -0.25) is 24.0 Å². The van der Waals surface area contributed by atoms with E-state index in [1.165, 1.54) is 0 Å². The number of amides is 4. The molecule has 0 bridgehead atoms. The molecule has 1 aliphatic carbocycles. The van der Waals surface area contributed by atoms with Gasteiger partial charge in [0.15, 0.2) is 0 Å². The zero-order valence-corrected chi connectivity index (χ0v) is 28.9. The van der Waals surface area contributed by atoms with Crippen LogP contribution in [0.5, 0.6) is 0 Å². The summed E-state index contributed by atoms with van der Waals surface area (Å²) in [4.78, 5) is 63.2. The molecule has 13 heteroatoms. The lowest BCUT2D eigenvalue weighted by Gasteiger charge is -2.28. The number of carbonyl (C=O) groups excluding carboxylic acids is 4. The van der Waals surface area contributed by atoms with Crippen LogP contribution in [0.1, 0.15) is 80.8 Å². The first-order valence-electron chi connectivity index (χ1n) is 17.4. The van der Waals surface area contributed by atoms with Gasteiger partial charge < -0.3 is 40.0 Å². The number of hydrogen-bond donors (Lipinski definition) is 4. The van der Waals surface area contributed by atoms with Crippen LogP contribution in [-0.4, -0.2) is 91.4 Å². The average Bonchev–Trinajstić information content (AvgIpc) is 3.54. The lowest BCUT2D eigenvalue weighted by Crippen LogP contribution is -2.42. The van der Waals surface area contributed by atoms with Crippen molar-refractivity contribution in [2.24, 2.45) is 5.92 Å². The highest BCUT2D eigenvalue weighted by atomic mass is 16.5. The SMILES string of the molecule is CCN(C(=O)Cn1cccc1C(=O)N[C@H]1CC[C@H](C(=O)NCCCCCC(=O)NCCOCCOCCC(=O)O)CC1)c1cccc(C)c1. The molecule has 0 saturated heterocycles. The number of carbonyl (C=O) groups is 5. The number of unbranched alkanes of at least 4 members (excludes halogenated alkanes) is 2. The summed E-state index contributed by atoms with van der Waals surface area (Å²) in [7, 11) is 0. The second kappa shape index (κ2) is 21.7. The molecule has 0 atom stereocenters. The minimum absolute atomic E-state index is 0.0304. The predicted octanol–water partition coefficient (Wildman–Crippen LogP) is 3.44. The summed E-state index contributed by atoms with van der Waals surface area (Å²) in [5.41, 5.74) is 2.35. The minimum atomic E-state index is -0.902. The smallest absolute Gasteiger partial charge is 0.305 e. The van der Waals surface area contributed by atoms with Crippen LogP contribution in [0.2, 0.25) is 0 Å². The van der Waals surface area contributed by atoms with Crippen LogP contribution in [0.3, 0.4) is 0 Å². The molecule has 0 radical (unpaired) electrons. The van der Waals surface area contributed by atoms with Crippen LogP contribution in [0.25, 0.3) is 0 Å². The van der Waals surface area contributed by atoms with E-state index >= 15 is 0 Å². The van der Waals surface area contributed by atoms with Gasteiger partial charge in [0, 0.05) is 49.9 Å². The van der Waals surface area contributed by atoms with Gasteiger partial charge in [-0.05, 0) is 82.2 Å². The van der Waals surface area contributed by atoms with Gasteiger partial charge in [-0.2, -0.15) is 0 Å². The molecule has 1 heterocycles. The van der Waals surface area contributed by atoms with Gasteiger partial charge in [0.1, 0.15) is 12.2 Å². The van der Waals surface area contributed by atoms with Gasteiger partial charge in [-0.25, -0.2) is 0 Å². The van der Waals surface area contributed by atoms with Crippen molar-refractivity contribution in [2.45, 2.75) is 84.2 Å². The molecule has 1 saturated carbocycles. The molecule has 1 aromatic carbocycles. The van der Waals surface area contributed by atoms with E-state index in [1.54, 1.807) is 27.8 Å². The molecule has 3 rings (SSSR count). The maximum absolute atomic E-state index is 13.2. The van der Waals surface area contributed by atoms with Crippen molar-refractivity contribution < 1.29 is 38.6 Å². The highest BCUT2D eigenvalue weighted by Gasteiger charge is 2.28. The molecule has 0 unspecified atom stereocenters. The van der Waals surface area contributed by atoms with E-state index in [-0.39, 0.29) is 55.2 Å². The first-order valence-corrected chi connectivity index (χ1v) is 17.4. The van der Waals surface area contributed by atoms with Gasteiger partial charge in [0.2, 0.25) is 17.7 Å². The zero-order chi connectivity index (χ0) is 35.4. The Morgan fingerprint density at radius 1 is 0.878 bits per heavy atom. The first kappa shape index (κ1) is 39.2. The number of aliphatic carboxylic acids is 1. The Kier molecular flexibility index (Phi) is 17.3. The standard InChI is InChI=1S/C36H53N5O8/c1-3-41(30-10-7-9-27(2)25-30)33(43)26-40-20-8-11-31(40)36(47)39-29-15-13-28(14-16-29)35(46)38-18-6-4-5-12-32(42)37-19-22-49-24-23-48-21-17-34(44)45/h7-11,20,25,28-29H,3-6,12-19,21-24,26H2,1-2H3,(H,37,42)(H,38,46)(H,39,47)(H,44,45)/t28-,29-. The zero-order valence-electron chi connectivity index (χ0n) is 28.9. The number of ether oxygens (including phenoxy) is 2. The van der Waals surface area contributed by atoms with Crippen molar-refractivity contribution in [3.63, 3.8) is 0 Å². The molecule has 4 amide bonds. The summed E-state index contributed by atoms with van der Waals surface area (Å²) in [6.45, 7) is 6.63. The van der Waals surface area contributed by atoms with Crippen LogP contribution in [0, 0.1) is 12.8 Å². The molecule has 0 spiro atoms. The molecule has 13 nitrogen and oxygen atoms in total. The Labute approximate surface area is 289 Å². The summed E-state index contributed by atoms with van der Waals surface area (Å²) in [6.07, 6.45) is 7.27. The fraction of sp³-hybridized carbons (Fsp3) is 0.583. The molecular formula is C36H53N5O8. The van der Waals surface area contributed by atoms with Crippen molar-refractivity contribution in [3.05, 3.63) is 53.9 Å². The third-order valence-electron chi connectivity index (χ3n) is 8.51. The molecule has 49 heavy (non-hydrogen) atoms. The number of aryl methyl sites for hydroxylation is 1. The van der Waals surface area contributed by atoms with Crippen molar-refractivity contribution in [1.82, 2.24) is 20.5 Å². The van der Waals surface area contributed by atoms with Crippen molar-refractivity contribution in [3.8, 4) is 0 Å². The highest BCUT2D eigenvalue weighted by molar-refractivity contribution is 5.96. The monoisotopic (exact) mass is 683 g/mol. The molecule has 1 aromatic heterocycles. The van der Waals surface area contributed by atoms with Crippen molar-refractivity contribution >= 4 is 35.3 Å². The van der Waals surface area contributed by atoms with Crippen LogP contribution in [-0.2, 0) is 35.2 Å². The third kappa shape index (κ3) is 14.4. The summed E-state index contributed by atoms with van der Waals surface area (Å²) in [6, 6.07) is 11.3. The van der Waals surface area contributed by atoms with Crippen LogP contribution >= 0.6 is 0 Å². The Balaban J connectivity index is 1.24. The van der Waals surface area contributed by atoms with Crippen molar-refractivity contribution in [2.75, 3.05) is 51.0 Å². The lowest BCUT2D eigenvalue weighted by molar-refractivity contribution is -0.138. The summed E-state index contributed by atoms with van der Waals surface area (Å²) in [5, 5.41) is 17.5. The molecule has 0 aliphatic heterocycles. The van der Waals surface area contributed by atoms with E-state index in [9.17, 15) is 24.0 Å². The van der Waals surface area contributed by atoms with Gasteiger partial charge in [0.05, 0.1) is 32.8 Å². The molecule has 4 N–H and O–H groups in total. The third-order valence-corrected chi connectivity index (χ3v) is 8.51. The fourth-order valence-electron chi connectivity index (χ4n) is 5.82. The number of likely N-dealkylation sites (N-methyl/N-ethyl adjacent to an activating group) is 1. The number of carboxylic acids is 1. The Hall–Kier alpha value is -4.23. The number of benzene rings is 1. The Bertz CT molecular complexity index is 1350. The van der Waals surface area contributed by atoms with Gasteiger partial charge >= 0.3 is 5.97 Å². The summed E-state index contributed by atoms with van der Waals surface area (Å²) < 4.78 is 12.2. The molecule has 1 fully saturated rings. The number of aromatic nitrogens is 1. The molecular weight excluding hydrogens is 630 g/mol. The predicted molar refractivity (Wildman–Crippen MR) is 185 cm³/mol. The molecule has 1 aliphatic rings. The van der Waals surface area contributed by atoms with Gasteiger partial charge in [-0.1, -0.05) is 18.6 Å². The van der Waals surface area contributed by atoms with Crippen LogP contribution in [0.4, 0.5) is 5.69 Å². The van der Waals surface area contributed by atoms with Crippen LogP contribution < -0.4 is 20.9 Å². The highest BCUT2D eigenvalue weighted by Crippen LogP contribution is 2.25. The Morgan fingerprint density at radius 3 is 2.35 bits per heavy atom. The summed E-state index contributed by atoms with van der Waals surface area (Å²) >= 11 is 0. The summed E-state index contributed by atoms with van der Waals surface area (Å²) in [5.74, 6) is -1.30. The molecule has 2 aromatic rings. The fourth-order valence-corrected chi connectivity index (χ4v) is 5.82. The van der Waals surface area contributed by atoms with E-state index in [0.717, 1.165) is 30.5 Å². The second-order valence-corrected chi connectivity index (χ2v) is 12.3. The van der Waals surface area contributed by atoms with Gasteiger partial charge in [-0.15, -0.1) is 0 Å². The number of anilines is 1. The Morgan fingerprint density at radius 2 is 1.63 bits per heavy atom. The van der Waals surface area contributed by atoms with Gasteiger partial charge in [0.25, 0.3) is 5.91 Å². The largest absolute Gasteiger partial charge is 0.481 e. The van der Waals surface area contributed by atoms with E-state index in [0.29, 0.717) is 77.3 Å². The number of nitrogens with one attached hydrogen (secondary N) is 3. The number of carboxylic acid groups (broad SMARTS) is 1. The number of rotatable bonds is 22. The maximum Gasteiger partial charge on any atom is 0.305 e. The van der Waals surface area contributed by atoms with E-state index in [4.69, 9.17) is 14.6 Å². The topological polar surface area (TPSA) is 168 Å². The maximum atomic E-state index is 13.2. The number of nitrogens with zero attached hydrogens (tertiary/aromatic N) is 2.